The number of hydrogen-bond donors (Lipinski definition) is 1. The molecule has 5 heteroatoms. The van der Waals surface area contributed by atoms with E-state index in [2.05, 4.69) is 10.4 Å². The van der Waals surface area contributed by atoms with E-state index in [4.69, 9.17) is 0 Å². The molecule has 1 unspecified atom stereocenters. The van der Waals surface area contributed by atoms with Gasteiger partial charge < -0.3 is 10.2 Å². The Bertz CT molecular complexity index is 586. The van der Waals surface area contributed by atoms with Crippen LogP contribution in [0.15, 0.2) is 30.6 Å². The van der Waals surface area contributed by atoms with E-state index in [0.717, 1.165) is 31.6 Å². The summed E-state index contributed by atoms with van der Waals surface area (Å²) in [4.78, 5) is 14.6. The topological polar surface area (TPSA) is 49.6 Å². The lowest BCUT2D eigenvalue weighted by atomic mass is 10.1. The second kappa shape index (κ2) is 5.01. The first-order valence-electron chi connectivity index (χ1n) is 6.75. The molecule has 2 aromatic heterocycles. The Kier molecular flexibility index (Phi) is 3.21. The molecule has 100 valence electrons. The smallest absolute Gasteiger partial charge is 0.257 e. The van der Waals surface area contributed by atoms with Crippen LogP contribution in [0.25, 0.3) is 5.52 Å². The Balaban J connectivity index is 1.93. The summed E-state index contributed by atoms with van der Waals surface area (Å²) in [6, 6.07) is 6.07. The van der Waals surface area contributed by atoms with Crippen LogP contribution in [0.1, 0.15) is 23.7 Å². The van der Waals surface area contributed by atoms with Crippen LogP contribution in [-0.4, -0.2) is 46.1 Å². The minimum Gasteiger partial charge on any atom is -0.334 e. The minimum absolute atomic E-state index is 0.0809. The summed E-state index contributed by atoms with van der Waals surface area (Å²) in [6.45, 7) is 4.64. The van der Waals surface area contributed by atoms with Gasteiger partial charge in [-0.05, 0) is 32.0 Å². The summed E-state index contributed by atoms with van der Waals surface area (Å²) in [5, 5.41) is 7.55. The van der Waals surface area contributed by atoms with E-state index in [9.17, 15) is 4.79 Å². The monoisotopic (exact) mass is 258 g/mol. The van der Waals surface area contributed by atoms with Gasteiger partial charge in [-0.1, -0.05) is 6.07 Å². The number of carbonyl (C=O) groups excluding carboxylic acids is 1. The third-order valence-electron chi connectivity index (χ3n) is 3.73. The van der Waals surface area contributed by atoms with E-state index < -0.39 is 0 Å². The molecule has 0 saturated carbocycles. The second-order valence-electron chi connectivity index (χ2n) is 4.83. The molecule has 2 aromatic rings. The van der Waals surface area contributed by atoms with E-state index in [1.165, 1.54) is 0 Å². The molecule has 0 bridgehead atoms. The molecule has 1 fully saturated rings. The van der Waals surface area contributed by atoms with Gasteiger partial charge >= 0.3 is 0 Å². The highest BCUT2D eigenvalue weighted by molar-refractivity contribution is 6.00. The van der Waals surface area contributed by atoms with Gasteiger partial charge in [0.2, 0.25) is 0 Å². The molecular weight excluding hydrogens is 240 g/mol. The molecule has 5 nitrogen and oxygen atoms in total. The van der Waals surface area contributed by atoms with Crippen LogP contribution in [0.4, 0.5) is 0 Å². The Morgan fingerprint density at radius 2 is 2.47 bits per heavy atom. The third-order valence-corrected chi connectivity index (χ3v) is 3.73. The van der Waals surface area contributed by atoms with Crippen LogP contribution in [0, 0.1) is 0 Å². The number of amides is 1. The Morgan fingerprint density at radius 1 is 1.58 bits per heavy atom. The average molecular weight is 258 g/mol. The van der Waals surface area contributed by atoms with E-state index in [1.54, 1.807) is 10.7 Å². The van der Waals surface area contributed by atoms with E-state index in [-0.39, 0.29) is 5.91 Å². The fraction of sp³-hybridized carbons (Fsp3) is 0.429. The highest BCUT2D eigenvalue weighted by atomic mass is 16.2. The predicted molar refractivity (Wildman–Crippen MR) is 73.2 cm³/mol. The van der Waals surface area contributed by atoms with Crippen molar-refractivity contribution in [2.75, 3.05) is 19.6 Å². The number of pyridine rings is 1. The highest BCUT2D eigenvalue weighted by Crippen LogP contribution is 2.17. The fourth-order valence-electron chi connectivity index (χ4n) is 2.73. The van der Waals surface area contributed by atoms with Crippen molar-refractivity contribution in [3.8, 4) is 0 Å². The van der Waals surface area contributed by atoms with Gasteiger partial charge in [0, 0.05) is 25.3 Å². The van der Waals surface area contributed by atoms with Crippen molar-refractivity contribution in [2.45, 2.75) is 19.4 Å². The van der Waals surface area contributed by atoms with Crippen LogP contribution in [0.5, 0.6) is 0 Å². The number of aromatic nitrogens is 2. The first kappa shape index (κ1) is 12.2. The van der Waals surface area contributed by atoms with Crippen molar-refractivity contribution in [3.05, 3.63) is 36.2 Å². The van der Waals surface area contributed by atoms with Gasteiger partial charge in [0.1, 0.15) is 0 Å². The summed E-state index contributed by atoms with van der Waals surface area (Å²) in [6.07, 6.45) is 4.56. The van der Waals surface area contributed by atoms with Gasteiger partial charge in [-0.25, -0.2) is 4.52 Å². The van der Waals surface area contributed by atoms with Crippen LogP contribution < -0.4 is 5.32 Å². The zero-order valence-electron chi connectivity index (χ0n) is 11.0. The van der Waals surface area contributed by atoms with Gasteiger partial charge in [0.15, 0.2) is 0 Å². The van der Waals surface area contributed by atoms with E-state index in [0.29, 0.717) is 11.6 Å². The molecule has 0 radical (unpaired) electrons. The van der Waals surface area contributed by atoms with E-state index >= 15 is 0 Å². The summed E-state index contributed by atoms with van der Waals surface area (Å²) < 4.78 is 1.74. The van der Waals surface area contributed by atoms with E-state index in [1.807, 2.05) is 36.2 Å². The lowest BCUT2D eigenvalue weighted by Crippen LogP contribution is -2.41. The van der Waals surface area contributed by atoms with Gasteiger partial charge in [-0.2, -0.15) is 5.10 Å². The van der Waals surface area contributed by atoms with Crippen molar-refractivity contribution in [3.63, 3.8) is 0 Å². The quantitative estimate of drug-likeness (QED) is 0.898. The van der Waals surface area contributed by atoms with Gasteiger partial charge in [-0.15, -0.1) is 0 Å². The number of fused-ring (bicyclic) bond motifs is 1. The van der Waals surface area contributed by atoms with Crippen LogP contribution >= 0.6 is 0 Å². The lowest BCUT2D eigenvalue weighted by Gasteiger charge is -2.26. The number of carbonyl (C=O) groups is 1. The largest absolute Gasteiger partial charge is 0.334 e. The maximum atomic E-state index is 12.7. The summed E-state index contributed by atoms with van der Waals surface area (Å²) in [5.41, 5.74) is 1.56. The maximum absolute atomic E-state index is 12.7. The number of hydrogen-bond acceptors (Lipinski definition) is 3. The zero-order valence-corrected chi connectivity index (χ0v) is 11.0. The summed E-state index contributed by atoms with van der Waals surface area (Å²) >= 11 is 0. The van der Waals surface area contributed by atoms with Crippen LogP contribution in [0.2, 0.25) is 0 Å². The normalized spacial score (nSPS) is 18.9. The fourth-order valence-corrected chi connectivity index (χ4v) is 2.73. The summed E-state index contributed by atoms with van der Waals surface area (Å²) in [5.74, 6) is 0.0809. The third kappa shape index (κ3) is 2.10. The lowest BCUT2D eigenvalue weighted by molar-refractivity contribution is 0.0706. The van der Waals surface area contributed by atoms with Crippen molar-refractivity contribution in [1.82, 2.24) is 19.8 Å². The molecule has 0 aromatic carbocycles. The molecule has 0 spiro atoms. The molecule has 1 N–H and O–H groups in total. The molecule has 1 atom stereocenters. The first-order chi connectivity index (χ1) is 9.31. The SMILES string of the molecule is CCN(C(=O)c1cnn2ccccc12)C1CCNC1. The van der Waals surface area contributed by atoms with Crippen LogP contribution in [0.3, 0.4) is 0 Å². The maximum Gasteiger partial charge on any atom is 0.257 e. The molecule has 3 rings (SSSR count). The highest BCUT2D eigenvalue weighted by Gasteiger charge is 2.27. The Hall–Kier alpha value is -1.88. The average Bonchev–Trinajstić information content (AvgIpc) is 3.08. The number of rotatable bonds is 3. The first-order valence-corrected chi connectivity index (χ1v) is 6.75. The number of likely N-dealkylation sites (N-methyl/N-ethyl adjacent to an activating group) is 1. The standard InChI is InChI=1S/C14H18N4O/c1-2-17(11-6-7-15-9-11)14(19)12-10-16-18-8-4-3-5-13(12)18/h3-5,8,10-11,15H,2,6-7,9H2,1H3. The number of nitrogens with zero attached hydrogens (tertiary/aromatic N) is 3. The van der Waals surface area contributed by atoms with Crippen molar-refractivity contribution >= 4 is 11.4 Å². The number of nitrogens with one attached hydrogen (secondary N) is 1. The van der Waals surface area contributed by atoms with Crippen molar-refractivity contribution < 1.29 is 4.79 Å². The van der Waals surface area contributed by atoms with Crippen molar-refractivity contribution in [2.24, 2.45) is 0 Å². The molecule has 0 aliphatic carbocycles. The summed E-state index contributed by atoms with van der Waals surface area (Å²) in [7, 11) is 0. The molecule has 19 heavy (non-hydrogen) atoms. The van der Waals surface area contributed by atoms with Gasteiger partial charge in [0.25, 0.3) is 5.91 Å². The van der Waals surface area contributed by atoms with Crippen molar-refractivity contribution in [1.29, 1.82) is 0 Å². The molecule has 1 amide bonds. The minimum atomic E-state index is 0.0809. The van der Waals surface area contributed by atoms with Gasteiger partial charge in [-0.3, -0.25) is 4.79 Å². The Labute approximate surface area is 112 Å². The molecule has 1 aliphatic heterocycles. The molecule has 3 heterocycles. The zero-order chi connectivity index (χ0) is 13.2. The molecule has 1 saturated heterocycles. The molecular formula is C14H18N4O. The predicted octanol–water partition coefficient (Wildman–Crippen LogP) is 1.16. The molecule has 1 aliphatic rings. The van der Waals surface area contributed by atoms with Gasteiger partial charge in [0.05, 0.1) is 17.3 Å². The Morgan fingerprint density at radius 3 is 3.21 bits per heavy atom. The second-order valence-corrected chi connectivity index (χ2v) is 4.83. The van der Waals surface area contributed by atoms with Crippen LogP contribution in [-0.2, 0) is 0 Å².